The molecule has 0 atom stereocenters. The SMILES string of the molecule is O=C(Cn1cc(Br)cn1)N1CCC2(CCNC2)CC1. The Hall–Kier alpha value is -0.880. The van der Waals surface area contributed by atoms with Gasteiger partial charge >= 0.3 is 0 Å². The molecule has 0 unspecified atom stereocenters. The summed E-state index contributed by atoms with van der Waals surface area (Å²) in [5.41, 5.74) is 0.464. The quantitative estimate of drug-likeness (QED) is 0.889. The summed E-state index contributed by atoms with van der Waals surface area (Å²) in [7, 11) is 0. The molecule has 0 aromatic carbocycles. The van der Waals surface area contributed by atoms with Gasteiger partial charge < -0.3 is 10.2 Å². The van der Waals surface area contributed by atoms with Crippen molar-refractivity contribution in [1.82, 2.24) is 20.0 Å². The van der Waals surface area contributed by atoms with Gasteiger partial charge in [-0.25, -0.2) is 0 Å². The lowest BCUT2D eigenvalue weighted by Crippen LogP contribution is -2.45. The first-order valence-corrected chi connectivity index (χ1v) is 7.63. The number of nitrogens with zero attached hydrogens (tertiary/aromatic N) is 3. The second kappa shape index (κ2) is 5.25. The van der Waals surface area contributed by atoms with E-state index in [4.69, 9.17) is 0 Å². The van der Waals surface area contributed by atoms with Gasteiger partial charge in [0.05, 0.1) is 10.7 Å². The van der Waals surface area contributed by atoms with Crippen molar-refractivity contribution in [3.63, 3.8) is 0 Å². The molecule has 0 aliphatic carbocycles. The number of rotatable bonds is 2. The second-order valence-corrected chi connectivity index (χ2v) is 6.58. The fourth-order valence-electron chi connectivity index (χ4n) is 3.12. The van der Waals surface area contributed by atoms with Crippen LogP contribution in [0, 0.1) is 5.41 Å². The van der Waals surface area contributed by atoms with Crippen LogP contribution in [-0.4, -0.2) is 46.8 Å². The highest BCUT2D eigenvalue weighted by Gasteiger charge is 2.37. The Labute approximate surface area is 121 Å². The number of carbonyl (C=O) groups is 1. The summed E-state index contributed by atoms with van der Waals surface area (Å²) in [6, 6.07) is 0. The summed E-state index contributed by atoms with van der Waals surface area (Å²) >= 11 is 3.34. The van der Waals surface area contributed by atoms with Crippen molar-refractivity contribution in [2.75, 3.05) is 26.2 Å². The van der Waals surface area contributed by atoms with E-state index in [0.29, 0.717) is 12.0 Å². The molecule has 6 heteroatoms. The zero-order valence-electron chi connectivity index (χ0n) is 10.9. The molecule has 2 aliphatic heterocycles. The van der Waals surface area contributed by atoms with E-state index in [1.54, 1.807) is 10.9 Å². The molecule has 3 heterocycles. The molecule has 19 heavy (non-hydrogen) atoms. The molecular formula is C13H19BrN4O. The summed E-state index contributed by atoms with van der Waals surface area (Å²) < 4.78 is 2.60. The van der Waals surface area contributed by atoms with E-state index in [2.05, 4.69) is 26.3 Å². The van der Waals surface area contributed by atoms with Crippen LogP contribution in [0.25, 0.3) is 0 Å². The molecule has 1 spiro atoms. The summed E-state index contributed by atoms with van der Waals surface area (Å²) in [4.78, 5) is 14.2. The molecule has 1 amide bonds. The first kappa shape index (κ1) is 13.1. The molecule has 2 fully saturated rings. The highest BCUT2D eigenvalue weighted by Crippen LogP contribution is 2.36. The summed E-state index contributed by atoms with van der Waals surface area (Å²) in [5.74, 6) is 0.177. The molecule has 1 N–H and O–H groups in total. The van der Waals surface area contributed by atoms with Crippen LogP contribution >= 0.6 is 15.9 Å². The fourth-order valence-corrected chi connectivity index (χ4v) is 3.44. The zero-order valence-corrected chi connectivity index (χ0v) is 12.5. The fraction of sp³-hybridized carbons (Fsp3) is 0.692. The number of hydrogen-bond acceptors (Lipinski definition) is 3. The average molecular weight is 327 g/mol. The van der Waals surface area contributed by atoms with Crippen LogP contribution in [0.3, 0.4) is 0 Å². The number of piperidine rings is 1. The number of halogens is 1. The monoisotopic (exact) mass is 326 g/mol. The third kappa shape index (κ3) is 2.84. The van der Waals surface area contributed by atoms with Crippen LogP contribution in [0.2, 0.25) is 0 Å². The lowest BCUT2D eigenvalue weighted by atomic mass is 9.78. The molecule has 1 aromatic rings. The van der Waals surface area contributed by atoms with E-state index in [0.717, 1.165) is 43.5 Å². The Bertz CT molecular complexity index is 457. The first-order valence-electron chi connectivity index (χ1n) is 6.83. The van der Waals surface area contributed by atoms with Gasteiger partial charge in [0.2, 0.25) is 5.91 Å². The maximum absolute atomic E-state index is 12.2. The zero-order chi connectivity index (χ0) is 13.3. The number of amides is 1. The molecule has 3 rings (SSSR count). The molecule has 0 radical (unpaired) electrons. The van der Waals surface area contributed by atoms with E-state index < -0.39 is 0 Å². The predicted molar refractivity (Wildman–Crippen MR) is 75.7 cm³/mol. The van der Waals surface area contributed by atoms with Crippen molar-refractivity contribution >= 4 is 21.8 Å². The van der Waals surface area contributed by atoms with Crippen LogP contribution in [0.4, 0.5) is 0 Å². The minimum absolute atomic E-state index is 0.177. The molecule has 1 aromatic heterocycles. The van der Waals surface area contributed by atoms with Crippen molar-refractivity contribution in [2.24, 2.45) is 5.41 Å². The van der Waals surface area contributed by atoms with Gasteiger partial charge in [-0.3, -0.25) is 9.48 Å². The molecular weight excluding hydrogens is 308 g/mol. The van der Waals surface area contributed by atoms with Crippen molar-refractivity contribution in [3.8, 4) is 0 Å². The van der Waals surface area contributed by atoms with E-state index >= 15 is 0 Å². The van der Waals surface area contributed by atoms with E-state index in [1.165, 1.54) is 6.42 Å². The molecule has 2 saturated heterocycles. The van der Waals surface area contributed by atoms with Crippen LogP contribution in [-0.2, 0) is 11.3 Å². The van der Waals surface area contributed by atoms with Gasteiger partial charge in [0.1, 0.15) is 6.54 Å². The molecule has 0 saturated carbocycles. The smallest absolute Gasteiger partial charge is 0.244 e. The Morgan fingerprint density at radius 2 is 2.21 bits per heavy atom. The van der Waals surface area contributed by atoms with Crippen LogP contribution in [0.1, 0.15) is 19.3 Å². The summed E-state index contributed by atoms with van der Waals surface area (Å²) in [6.07, 6.45) is 7.08. The molecule has 5 nitrogen and oxygen atoms in total. The topological polar surface area (TPSA) is 50.2 Å². The van der Waals surface area contributed by atoms with Gasteiger partial charge in [-0.2, -0.15) is 5.10 Å². The van der Waals surface area contributed by atoms with Crippen molar-refractivity contribution in [2.45, 2.75) is 25.8 Å². The predicted octanol–water partition coefficient (Wildman–Crippen LogP) is 1.25. The number of carbonyl (C=O) groups excluding carboxylic acids is 1. The summed E-state index contributed by atoms with van der Waals surface area (Å²) in [5, 5.41) is 7.58. The van der Waals surface area contributed by atoms with Gasteiger partial charge in [0.15, 0.2) is 0 Å². The number of aromatic nitrogens is 2. The normalized spacial score (nSPS) is 22.1. The third-order valence-electron chi connectivity index (χ3n) is 4.41. The molecule has 0 bridgehead atoms. The Morgan fingerprint density at radius 1 is 1.42 bits per heavy atom. The Kier molecular flexibility index (Phi) is 3.62. The van der Waals surface area contributed by atoms with Gasteiger partial charge in [-0.15, -0.1) is 0 Å². The van der Waals surface area contributed by atoms with Crippen molar-refractivity contribution in [1.29, 1.82) is 0 Å². The minimum atomic E-state index is 0.177. The largest absolute Gasteiger partial charge is 0.341 e. The third-order valence-corrected chi connectivity index (χ3v) is 4.82. The summed E-state index contributed by atoms with van der Waals surface area (Å²) in [6.45, 7) is 4.39. The Balaban J connectivity index is 1.54. The molecule has 2 aliphatic rings. The van der Waals surface area contributed by atoms with E-state index in [-0.39, 0.29) is 5.91 Å². The van der Waals surface area contributed by atoms with E-state index in [9.17, 15) is 4.79 Å². The van der Waals surface area contributed by atoms with Crippen molar-refractivity contribution < 1.29 is 4.79 Å². The number of likely N-dealkylation sites (tertiary alicyclic amines) is 1. The minimum Gasteiger partial charge on any atom is -0.341 e. The van der Waals surface area contributed by atoms with Gasteiger partial charge in [0, 0.05) is 25.8 Å². The Morgan fingerprint density at radius 3 is 2.79 bits per heavy atom. The highest BCUT2D eigenvalue weighted by molar-refractivity contribution is 9.10. The number of hydrogen-bond donors (Lipinski definition) is 1. The maximum Gasteiger partial charge on any atom is 0.244 e. The van der Waals surface area contributed by atoms with Crippen molar-refractivity contribution in [3.05, 3.63) is 16.9 Å². The van der Waals surface area contributed by atoms with Crippen LogP contribution in [0.15, 0.2) is 16.9 Å². The van der Waals surface area contributed by atoms with Gasteiger partial charge in [-0.05, 0) is 47.2 Å². The van der Waals surface area contributed by atoms with E-state index in [1.807, 2.05) is 11.1 Å². The average Bonchev–Trinajstić information content (AvgIpc) is 3.00. The lowest BCUT2D eigenvalue weighted by molar-refractivity contribution is -0.134. The first-order chi connectivity index (χ1) is 9.17. The molecule has 104 valence electrons. The van der Waals surface area contributed by atoms with Crippen LogP contribution in [0.5, 0.6) is 0 Å². The number of nitrogens with one attached hydrogen (secondary N) is 1. The maximum atomic E-state index is 12.2. The standard InChI is InChI=1S/C13H19BrN4O/c14-11-7-16-18(8-11)9-12(19)17-5-2-13(3-6-17)1-4-15-10-13/h7-8,15H,1-6,9-10H2. The lowest BCUT2D eigenvalue weighted by Gasteiger charge is -2.38. The van der Waals surface area contributed by atoms with Gasteiger partial charge in [-0.1, -0.05) is 0 Å². The highest BCUT2D eigenvalue weighted by atomic mass is 79.9. The van der Waals surface area contributed by atoms with Crippen LogP contribution < -0.4 is 5.32 Å². The van der Waals surface area contributed by atoms with Gasteiger partial charge in [0.25, 0.3) is 0 Å². The second-order valence-electron chi connectivity index (χ2n) is 5.66.